The van der Waals surface area contributed by atoms with Gasteiger partial charge in [-0.25, -0.2) is 4.90 Å². The number of thioether (sulfide) groups is 1. The Morgan fingerprint density at radius 3 is 2.09 bits per heavy atom. The van der Waals surface area contributed by atoms with Gasteiger partial charge in [-0.3, -0.25) is 9.59 Å². The van der Waals surface area contributed by atoms with Gasteiger partial charge in [-0.2, -0.15) is 0 Å². The minimum absolute atomic E-state index is 0.255. The van der Waals surface area contributed by atoms with Crippen LogP contribution in [0.15, 0.2) is 92.8 Å². The molecule has 4 nitrogen and oxygen atoms in total. The zero-order chi connectivity index (χ0) is 22.8. The number of imide groups is 1. The zero-order valence-corrected chi connectivity index (χ0v) is 20.6. The van der Waals surface area contributed by atoms with Gasteiger partial charge < -0.3 is 5.32 Å². The Kier molecular flexibility index (Phi) is 6.74. The highest BCUT2D eigenvalue weighted by atomic mass is 79.9. The van der Waals surface area contributed by atoms with Gasteiger partial charge in [0.05, 0.1) is 5.69 Å². The predicted octanol–water partition coefficient (Wildman–Crippen LogP) is 7.22. The Morgan fingerprint density at radius 2 is 1.50 bits per heavy atom. The van der Waals surface area contributed by atoms with Crippen molar-refractivity contribution in [3.63, 3.8) is 0 Å². The van der Waals surface area contributed by atoms with E-state index >= 15 is 0 Å². The number of benzene rings is 3. The van der Waals surface area contributed by atoms with Gasteiger partial charge in [0.15, 0.2) is 0 Å². The molecule has 0 aliphatic carbocycles. The van der Waals surface area contributed by atoms with E-state index in [1.165, 1.54) is 16.7 Å². The molecule has 3 aromatic rings. The number of amides is 2. The molecule has 2 amide bonds. The first kappa shape index (κ1) is 22.6. The van der Waals surface area contributed by atoms with Crippen molar-refractivity contribution >= 4 is 62.5 Å². The monoisotopic (exact) mass is 526 g/mol. The van der Waals surface area contributed by atoms with Crippen molar-refractivity contribution in [2.75, 3.05) is 10.2 Å². The van der Waals surface area contributed by atoms with Crippen LogP contribution in [-0.4, -0.2) is 11.8 Å². The smallest absolute Gasteiger partial charge is 0.283 e. The van der Waals surface area contributed by atoms with Crippen LogP contribution in [0.1, 0.15) is 25.3 Å². The van der Waals surface area contributed by atoms with Gasteiger partial charge in [0, 0.05) is 20.1 Å². The Hall–Kier alpha value is -2.54. The molecule has 0 bridgehead atoms. The maximum Gasteiger partial charge on any atom is 0.283 e. The molecule has 7 heteroatoms. The number of hydrogen-bond acceptors (Lipinski definition) is 4. The topological polar surface area (TPSA) is 49.4 Å². The molecule has 0 fully saturated rings. The van der Waals surface area contributed by atoms with Gasteiger partial charge in [0.1, 0.15) is 10.6 Å². The van der Waals surface area contributed by atoms with E-state index in [9.17, 15) is 9.59 Å². The van der Waals surface area contributed by atoms with E-state index in [2.05, 4.69) is 35.1 Å². The molecule has 32 heavy (non-hydrogen) atoms. The van der Waals surface area contributed by atoms with Crippen LogP contribution in [0.5, 0.6) is 0 Å². The van der Waals surface area contributed by atoms with Crippen molar-refractivity contribution in [3.8, 4) is 0 Å². The molecule has 0 unspecified atom stereocenters. The average molecular weight is 528 g/mol. The van der Waals surface area contributed by atoms with Crippen LogP contribution in [0, 0.1) is 0 Å². The lowest BCUT2D eigenvalue weighted by Gasteiger charge is -2.16. The summed E-state index contributed by atoms with van der Waals surface area (Å²) in [6.45, 7) is 4.20. The van der Waals surface area contributed by atoms with Crippen molar-refractivity contribution in [1.29, 1.82) is 0 Å². The highest BCUT2D eigenvalue weighted by molar-refractivity contribution is 9.10. The van der Waals surface area contributed by atoms with E-state index in [-0.39, 0.29) is 17.5 Å². The minimum Gasteiger partial charge on any atom is -0.350 e. The average Bonchev–Trinajstić information content (AvgIpc) is 3.00. The van der Waals surface area contributed by atoms with Crippen LogP contribution in [-0.2, 0) is 9.59 Å². The fourth-order valence-corrected chi connectivity index (χ4v) is 4.57. The minimum atomic E-state index is -0.383. The maximum absolute atomic E-state index is 13.4. The molecule has 0 spiro atoms. The number of carbonyl (C=O) groups is 2. The Balaban J connectivity index is 1.71. The van der Waals surface area contributed by atoms with Crippen LogP contribution < -0.4 is 10.2 Å². The van der Waals surface area contributed by atoms with E-state index in [4.69, 9.17) is 11.6 Å². The fraction of sp³-hybridized carbons (Fsp3) is 0.120. The van der Waals surface area contributed by atoms with Crippen LogP contribution >= 0.6 is 39.3 Å². The second-order valence-electron chi connectivity index (χ2n) is 7.58. The molecule has 0 radical (unpaired) electrons. The molecule has 3 aromatic carbocycles. The van der Waals surface area contributed by atoms with Crippen LogP contribution in [0.4, 0.5) is 11.4 Å². The summed E-state index contributed by atoms with van der Waals surface area (Å²) in [5.41, 5.74) is 2.66. The Bertz CT molecular complexity index is 1120. The van der Waals surface area contributed by atoms with Crippen molar-refractivity contribution in [3.05, 3.63) is 98.5 Å². The lowest BCUT2D eigenvalue weighted by Crippen LogP contribution is -2.32. The highest BCUT2D eigenvalue weighted by Crippen LogP contribution is 2.38. The van der Waals surface area contributed by atoms with Crippen LogP contribution in [0.25, 0.3) is 0 Å². The molecular formula is C25H20BrClN2O2S. The lowest BCUT2D eigenvalue weighted by atomic mass is 10.0. The molecule has 162 valence electrons. The lowest BCUT2D eigenvalue weighted by molar-refractivity contribution is -0.120. The van der Waals surface area contributed by atoms with Crippen molar-refractivity contribution in [1.82, 2.24) is 0 Å². The number of nitrogens with zero attached hydrogens (tertiary/aromatic N) is 1. The Morgan fingerprint density at radius 1 is 0.875 bits per heavy atom. The summed E-state index contributed by atoms with van der Waals surface area (Å²) in [6.07, 6.45) is 0. The van der Waals surface area contributed by atoms with E-state index in [0.717, 1.165) is 20.6 Å². The van der Waals surface area contributed by atoms with Crippen LogP contribution in [0.3, 0.4) is 0 Å². The number of halogens is 2. The quantitative estimate of drug-likeness (QED) is 0.344. The molecule has 0 aromatic heterocycles. The van der Waals surface area contributed by atoms with E-state index < -0.39 is 0 Å². The summed E-state index contributed by atoms with van der Waals surface area (Å²) in [4.78, 5) is 29.2. The summed E-state index contributed by atoms with van der Waals surface area (Å²) >= 11 is 10.7. The van der Waals surface area contributed by atoms with Gasteiger partial charge in [0.25, 0.3) is 11.8 Å². The van der Waals surface area contributed by atoms with E-state index in [1.807, 2.05) is 60.7 Å². The third kappa shape index (κ3) is 4.77. The zero-order valence-electron chi connectivity index (χ0n) is 17.4. The van der Waals surface area contributed by atoms with Crippen LogP contribution in [0.2, 0.25) is 5.02 Å². The summed E-state index contributed by atoms with van der Waals surface area (Å²) < 4.78 is 0.925. The van der Waals surface area contributed by atoms with E-state index in [1.54, 1.807) is 12.1 Å². The van der Waals surface area contributed by atoms with Gasteiger partial charge >= 0.3 is 0 Å². The van der Waals surface area contributed by atoms with Gasteiger partial charge in [-0.05, 0) is 72.1 Å². The van der Waals surface area contributed by atoms with Crippen molar-refractivity contribution in [2.45, 2.75) is 24.7 Å². The van der Waals surface area contributed by atoms with Crippen molar-refractivity contribution in [2.24, 2.45) is 0 Å². The standard InChI is InChI=1S/C25H20BrClN2O2S/c1-15(2)16-3-11-20(12-4-16)29-24(30)22(28-19-9-5-17(26)6-10-19)23(25(29)31)32-21-13-7-18(27)8-14-21/h3-15,28H,1-2H3. The van der Waals surface area contributed by atoms with Gasteiger partial charge in [-0.1, -0.05) is 65.3 Å². The number of rotatable bonds is 6. The number of nitrogens with one attached hydrogen (secondary N) is 1. The highest BCUT2D eigenvalue weighted by Gasteiger charge is 2.40. The molecule has 0 atom stereocenters. The first-order chi connectivity index (χ1) is 15.3. The summed E-state index contributed by atoms with van der Waals surface area (Å²) in [5, 5.41) is 3.77. The number of anilines is 2. The second-order valence-corrected chi connectivity index (χ2v) is 10.0. The SMILES string of the molecule is CC(C)c1ccc(N2C(=O)C(Nc3ccc(Br)cc3)=C(Sc3ccc(Cl)cc3)C2=O)cc1. The fourth-order valence-electron chi connectivity index (χ4n) is 3.26. The second kappa shape index (κ2) is 9.53. The summed E-state index contributed by atoms with van der Waals surface area (Å²) in [5.74, 6) is -0.378. The van der Waals surface area contributed by atoms with Gasteiger partial charge in [0.2, 0.25) is 0 Å². The largest absolute Gasteiger partial charge is 0.350 e. The molecule has 0 saturated carbocycles. The van der Waals surface area contributed by atoms with Gasteiger partial charge in [-0.15, -0.1) is 0 Å². The summed E-state index contributed by atoms with van der Waals surface area (Å²) in [6, 6.07) is 22.2. The normalized spacial score (nSPS) is 14.0. The molecule has 4 rings (SSSR count). The first-order valence-electron chi connectivity index (χ1n) is 10.0. The molecule has 1 aliphatic heterocycles. The maximum atomic E-state index is 13.4. The Labute approximate surface area is 204 Å². The summed E-state index contributed by atoms with van der Waals surface area (Å²) in [7, 11) is 0. The first-order valence-corrected chi connectivity index (χ1v) is 12.0. The number of hydrogen-bond donors (Lipinski definition) is 1. The molecule has 1 heterocycles. The molecular weight excluding hydrogens is 508 g/mol. The third-order valence-electron chi connectivity index (χ3n) is 5.01. The molecule has 1 N–H and O–H groups in total. The predicted molar refractivity (Wildman–Crippen MR) is 135 cm³/mol. The third-order valence-corrected chi connectivity index (χ3v) is 6.88. The van der Waals surface area contributed by atoms with Crippen molar-refractivity contribution < 1.29 is 9.59 Å². The van der Waals surface area contributed by atoms with E-state index in [0.29, 0.717) is 21.5 Å². The number of carbonyl (C=O) groups excluding carboxylic acids is 2. The molecule has 1 aliphatic rings. The molecule has 0 saturated heterocycles.